The number of anilines is 1. The van der Waals surface area contributed by atoms with E-state index in [1.54, 1.807) is 37.5 Å². The van der Waals surface area contributed by atoms with E-state index < -0.39 is 41.0 Å². The number of hydrogen-bond donors (Lipinski definition) is 2. The number of benzene rings is 1. The molecule has 0 aromatic heterocycles. The maximum absolute atomic E-state index is 14.1. The molecule has 4 rings (SSSR count). The van der Waals surface area contributed by atoms with Crippen LogP contribution in [0.4, 0.5) is 5.69 Å². The molecule has 3 aliphatic rings. The van der Waals surface area contributed by atoms with Gasteiger partial charge < -0.3 is 29.5 Å². The third-order valence-corrected chi connectivity index (χ3v) is 7.48. The smallest absolute Gasteiger partial charge is 0.310 e. The molecule has 3 saturated heterocycles. The highest BCUT2D eigenvalue weighted by Crippen LogP contribution is 2.64. The zero-order valence-electron chi connectivity index (χ0n) is 18.9. The van der Waals surface area contributed by atoms with Gasteiger partial charge in [0.15, 0.2) is 0 Å². The fourth-order valence-electron chi connectivity index (χ4n) is 6.08. The number of fused-ring (bicyclic) bond motifs is 1. The van der Waals surface area contributed by atoms with Gasteiger partial charge in [-0.25, -0.2) is 0 Å². The van der Waals surface area contributed by atoms with Crippen LogP contribution in [0.25, 0.3) is 0 Å². The van der Waals surface area contributed by atoms with Crippen molar-refractivity contribution in [2.24, 2.45) is 11.8 Å². The number of aliphatic hydroxyl groups excluding tert-OH is 1. The highest BCUT2D eigenvalue weighted by molar-refractivity contribution is 6.04. The van der Waals surface area contributed by atoms with E-state index in [0.29, 0.717) is 30.7 Å². The molecule has 1 aromatic rings. The second-order valence-corrected chi connectivity index (χ2v) is 8.86. The average molecular weight is 459 g/mol. The van der Waals surface area contributed by atoms with Crippen LogP contribution in [0.1, 0.15) is 26.2 Å². The van der Waals surface area contributed by atoms with E-state index in [9.17, 15) is 24.6 Å². The number of likely N-dealkylation sites (tertiary alicyclic amines) is 1. The Balaban J connectivity index is 1.79. The lowest BCUT2D eigenvalue weighted by molar-refractivity contribution is -0.155. The molecule has 1 aromatic carbocycles. The first-order valence-corrected chi connectivity index (χ1v) is 11.2. The normalized spacial score (nSPS) is 32.0. The number of carbonyl (C=O) groups excluding carboxylic acids is 2. The van der Waals surface area contributed by atoms with Crippen molar-refractivity contribution in [3.05, 3.63) is 36.9 Å². The molecule has 3 aliphatic heterocycles. The quantitative estimate of drug-likeness (QED) is 0.538. The van der Waals surface area contributed by atoms with Gasteiger partial charge in [0, 0.05) is 18.8 Å². The Morgan fingerprint density at radius 3 is 2.58 bits per heavy atom. The number of aliphatic hydroxyl groups is 1. The number of ether oxygens (including phenoxy) is 2. The van der Waals surface area contributed by atoms with Crippen molar-refractivity contribution in [3.8, 4) is 5.75 Å². The van der Waals surface area contributed by atoms with Gasteiger partial charge in [0.25, 0.3) is 5.91 Å². The lowest BCUT2D eigenvalue weighted by Gasteiger charge is -2.36. The van der Waals surface area contributed by atoms with Crippen molar-refractivity contribution in [1.29, 1.82) is 0 Å². The number of nitrogens with zero attached hydrogens (tertiary/aromatic N) is 2. The first kappa shape index (κ1) is 23.3. The Labute approximate surface area is 192 Å². The zero-order valence-corrected chi connectivity index (χ0v) is 18.9. The molecule has 2 N–H and O–H groups in total. The third kappa shape index (κ3) is 3.25. The number of carboxylic acid groups (broad SMARTS) is 1. The fourth-order valence-corrected chi connectivity index (χ4v) is 6.08. The molecular weight excluding hydrogens is 428 g/mol. The summed E-state index contributed by atoms with van der Waals surface area (Å²) in [5.41, 5.74) is -1.63. The van der Waals surface area contributed by atoms with Gasteiger partial charge in [-0.05, 0) is 43.5 Å². The van der Waals surface area contributed by atoms with Crippen LogP contribution >= 0.6 is 0 Å². The molecule has 2 bridgehead atoms. The number of carboxylic acids is 1. The van der Waals surface area contributed by atoms with Crippen molar-refractivity contribution < 1.29 is 34.1 Å². The van der Waals surface area contributed by atoms with E-state index in [-0.39, 0.29) is 25.6 Å². The minimum atomic E-state index is -1.24. The SMILES string of the molecule is C=CCN(C(=O)C1N(CCO)C(=O)[C@@H]2[C@@H](C(=O)O)[C@@]3(CC)CCC12O3)c1ccc(OC)cc1. The van der Waals surface area contributed by atoms with Crippen LogP contribution in [0.5, 0.6) is 5.75 Å². The molecule has 2 unspecified atom stereocenters. The zero-order chi connectivity index (χ0) is 24.0. The molecule has 1 spiro atoms. The molecule has 0 radical (unpaired) electrons. The molecule has 3 heterocycles. The van der Waals surface area contributed by atoms with Gasteiger partial charge >= 0.3 is 5.97 Å². The lowest BCUT2D eigenvalue weighted by atomic mass is 9.65. The molecule has 3 fully saturated rings. The maximum atomic E-state index is 14.1. The van der Waals surface area contributed by atoms with Crippen LogP contribution in [-0.4, -0.2) is 76.9 Å². The summed E-state index contributed by atoms with van der Waals surface area (Å²) in [6, 6.07) is 5.90. The second kappa shape index (κ2) is 8.46. The number of β-amino-alcohol motifs (C(OH)–C–C–N with tert-alkyl or cyclic N) is 1. The number of amides is 2. The van der Waals surface area contributed by atoms with Crippen molar-refractivity contribution >= 4 is 23.5 Å². The summed E-state index contributed by atoms with van der Waals surface area (Å²) < 4.78 is 11.7. The highest BCUT2D eigenvalue weighted by Gasteiger charge is 2.79. The Kier molecular flexibility index (Phi) is 5.96. The minimum Gasteiger partial charge on any atom is -0.497 e. The van der Waals surface area contributed by atoms with Crippen LogP contribution in [0, 0.1) is 11.8 Å². The van der Waals surface area contributed by atoms with Crippen LogP contribution in [0.2, 0.25) is 0 Å². The van der Waals surface area contributed by atoms with Gasteiger partial charge in [0.05, 0.1) is 25.2 Å². The van der Waals surface area contributed by atoms with Crippen molar-refractivity contribution in [2.45, 2.75) is 43.4 Å². The third-order valence-electron chi connectivity index (χ3n) is 7.48. The molecular formula is C24H30N2O7. The Bertz CT molecular complexity index is 964. The van der Waals surface area contributed by atoms with E-state index in [1.807, 2.05) is 6.92 Å². The maximum Gasteiger partial charge on any atom is 0.310 e. The molecule has 9 heteroatoms. The van der Waals surface area contributed by atoms with Gasteiger partial charge in [-0.15, -0.1) is 6.58 Å². The topological polar surface area (TPSA) is 117 Å². The predicted octanol–water partition coefficient (Wildman–Crippen LogP) is 1.45. The number of aliphatic carboxylic acids is 1. The van der Waals surface area contributed by atoms with Gasteiger partial charge in [-0.3, -0.25) is 14.4 Å². The molecule has 0 aliphatic carbocycles. The fraction of sp³-hybridized carbons (Fsp3) is 0.542. The molecule has 0 saturated carbocycles. The van der Waals surface area contributed by atoms with Crippen LogP contribution in [0.15, 0.2) is 36.9 Å². The van der Waals surface area contributed by atoms with E-state index in [1.165, 1.54) is 9.80 Å². The van der Waals surface area contributed by atoms with Gasteiger partial charge in [-0.1, -0.05) is 13.0 Å². The van der Waals surface area contributed by atoms with Crippen molar-refractivity contribution in [2.75, 3.05) is 31.7 Å². The van der Waals surface area contributed by atoms with Crippen LogP contribution < -0.4 is 9.64 Å². The predicted molar refractivity (Wildman–Crippen MR) is 119 cm³/mol. The van der Waals surface area contributed by atoms with Crippen molar-refractivity contribution in [1.82, 2.24) is 4.90 Å². The summed E-state index contributed by atoms with van der Waals surface area (Å²) in [5, 5.41) is 19.7. The standard InChI is InChI=1S/C24H30N2O7/c1-4-12-25(15-6-8-16(32-3)9-7-15)21(29)19-24-11-10-23(5-2,33-24)18(22(30)31)17(24)20(28)26(19)13-14-27/h4,6-9,17-19,27H,1,5,10-14H2,2-3H3,(H,30,31)/t17-,18-,19?,23+,24?/m0/s1. The van der Waals surface area contributed by atoms with E-state index in [2.05, 4.69) is 6.58 Å². The molecule has 5 atom stereocenters. The average Bonchev–Trinajstić information content (AvgIpc) is 3.41. The van der Waals surface area contributed by atoms with Crippen molar-refractivity contribution in [3.63, 3.8) is 0 Å². The van der Waals surface area contributed by atoms with E-state index in [4.69, 9.17) is 9.47 Å². The summed E-state index contributed by atoms with van der Waals surface area (Å²) in [4.78, 5) is 42.7. The number of hydrogen-bond acceptors (Lipinski definition) is 6. The summed E-state index contributed by atoms with van der Waals surface area (Å²) in [6.07, 6.45) is 2.89. The first-order chi connectivity index (χ1) is 15.8. The largest absolute Gasteiger partial charge is 0.497 e. The summed E-state index contributed by atoms with van der Waals surface area (Å²) >= 11 is 0. The first-order valence-electron chi connectivity index (χ1n) is 11.2. The molecule has 178 valence electrons. The van der Waals surface area contributed by atoms with E-state index >= 15 is 0 Å². The van der Waals surface area contributed by atoms with Crippen LogP contribution in [0.3, 0.4) is 0 Å². The minimum absolute atomic E-state index is 0.0765. The van der Waals surface area contributed by atoms with E-state index in [0.717, 1.165) is 0 Å². The monoisotopic (exact) mass is 458 g/mol. The van der Waals surface area contributed by atoms with Gasteiger partial charge in [0.1, 0.15) is 23.3 Å². The molecule has 9 nitrogen and oxygen atoms in total. The Morgan fingerprint density at radius 2 is 2.03 bits per heavy atom. The van der Waals surface area contributed by atoms with Gasteiger partial charge in [0.2, 0.25) is 5.91 Å². The number of carbonyl (C=O) groups is 3. The molecule has 2 amide bonds. The van der Waals surface area contributed by atoms with Gasteiger partial charge in [-0.2, -0.15) is 0 Å². The van der Waals surface area contributed by atoms with Crippen LogP contribution in [-0.2, 0) is 19.1 Å². The number of rotatable bonds is 9. The highest BCUT2D eigenvalue weighted by atomic mass is 16.5. The molecule has 33 heavy (non-hydrogen) atoms. The Morgan fingerprint density at radius 1 is 1.33 bits per heavy atom. The summed E-state index contributed by atoms with van der Waals surface area (Å²) in [7, 11) is 1.55. The second-order valence-electron chi connectivity index (χ2n) is 8.86. The lowest BCUT2D eigenvalue weighted by Crippen LogP contribution is -2.56. The Hall–Kier alpha value is -2.91. The summed E-state index contributed by atoms with van der Waals surface area (Å²) in [5.74, 6) is -3.29. The summed E-state index contributed by atoms with van der Waals surface area (Å²) in [6.45, 7) is 5.37. The number of methoxy groups -OCH3 is 1.